The van der Waals surface area contributed by atoms with Gasteiger partial charge in [0.1, 0.15) is 11.2 Å². The van der Waals surface area contributed by atoms with Gasteiger partial charge in [0.25, 0.3) is 0 Å². The Kier molecular flexibility index (Phi) is 3.41. The van der Waals surface area contributed by atoms with Gasteiger partial charge in [0.05, 0.1) is 15.1 Å². The predicted octanol–water partition coefficient (Wildman–Crippen LogP) is 12.0. The van der Waals surface area contributed by atoms with Crippen LogP contribution in [0.2, 0.25) is 0 Å². The molecular formula is C42H26O. The first kappa shape index (κ1) is 15.5. The summed E-state index contributed by atoms with van der Waals surface area (Å²) in [6, 6.07) is 23.8. The third kappa shape index (κ3) is 3.86. The maximum Gasteiger partial charge on any atom is 0.136 e. The molecule has 200 valence electrons. The van der Waals surface area contributed by atoms with E-state index < -0.39 is 54.4 Å². The molecule has 9 rings (SSSR count). The Morgan fingerprint density at radius 3 is 1.60 bits per heavy atom. The fourth-order valence-corrected chi connectivity index (χ4v) is 5.91. The minimum atomic E-state index is -0.598. The number of rotatable bonds is 3. The van der Waals surface area contributed by atoms with Crippen LogP contribution in [0.4, 0.5) is 0 Å². The fourth-order valence-electron chi connectivity index (χ4n) is 5.91. The summed E-state index contributed by atoms with van der Waals surface area (Å²) in [6.45, 7) is 0. The summed E-state index contributed by atoms with van der Waals surface area (Å²) in [5, 5.41) is 1.23. The molecule has 9 aromatic rings. The first-order valence-electron chi connectivity index (χ1n) is 19.4. The number of benzene rings is 8. The molecule has 0 spiro atoms. The Hall–Kier alpha value is -5.66. The Morgan fingerprint density at radius 1 is 0.349 bits per heavy atom. The molecule has 0 fully saturated rings. The fraction of sp³-hybridized carbons (Fsp3) is 0. The van der Waals surface area contributed by atoms with Crippen molar-refractivity contribution in [2.24, 2.45) is 0 Å². The highest BCUT2D eigenvalue weighted by Gasteiger charge is 2.11. The zero-order chi connectivity index (χ0) is 37.9. The van der Waals surface area contributed by atoms with Crippen LogP contribution in [0, 0.1) is 0 Å². The van der Waals surface area contributed by atoms with E-state index in [1.165, 1.54) is 0 Å². The number of hydrogen-bond donors (Lipinski definition) is 0. The van der Waals surface area contributed by atoms with Gasteiger partial charge in [0, 0.05) is 10.8 Å². The van der Waals surface area contributed by atoms with E-state index >= 15 is 0 Å². The molecule has 0 amide bonds. The molecule has 0 aliphatic heterocycles. The summed E-state index contributed by atoms with van der Waals surface area (Å²) in [7, 11) is 0. The molecule has 0 aliphatic rings. The molecule has 1 nitrogen and oxygen atoms in total. The third-order valence-corrected chi connectivity index (χ3v) is 8.02. The van der Waals surface area contributed by atoms with Crippen LogP contribution in [0.25, 0.3) is 87.6 Å². The van der Waals surface area contributed by atoms with Crippen molar-refractivity contribution in [1.82, 2.24) is 0 Å². The summed E-state index contributed by atoms with van der Waals surface area (Å²) in [5.41, 5.74) is 5.85. The summed E-state index contributed by atoms with van der Waals surface area (Å²) in [6.07, 6.45) is 0. The second-order valence-electron chi connectivity index (χ2n) is 10.5. The lowest BCUT2D eigenvalue weighted by Gasteiger charge is -2.12. The van der Waals surface area contributed by atoms with Crippen LogP contribution >= 0.6 is 0 Å². The minimum absolute atomic E-state index is 0.0563. The normalized spacial score (nSPS) is 15.3. The molecule has 0 atom stereocenters. The summed E-state index contributed by atoms with van der Waals surface area (Å²) >= 11 is 0. The van der Waals surface area contributed by atoms with E-state index in [1.807, 2.05) is 60.7 Å². The highest BCUT2D eigenvalue weighted by Crippen LogP contribution is 2.38. The van der Waals surface area contributed by atoms with E-state index in [2.05, 4.69) is 18.2 Å². The molecule has 1 aromatic heterocycles. The highest BCUT2D eigenvalue weighted by atomic mass is 16.3. The monoisotopic (exact) mass is 557 g/mol. The summed E-state index contributed by atoms with van der Waals surface area (Å²) < 4.78 is 103. The Morgan fingerprint density at radius 2 is 0.884 bits per heavy atom. The predicted molar refractivity (Wildman–Crippen MR) is 183 cm³/mol. The van der Waals surface area contributed by atoms with Crippen molar-refractivity contribution in [2.75, 3.05) is 0 Å². The zero-order valence-electron chi connectivity index (χ0n) is 33.6. The molecule has 0 N–H and O–H groups in total. The summed E-state index contributed by atoms with van der Waals surface area (Å²) in [4.78, 5) is 0. The van der Waals surface area contributed by atoms with Gasteiger partial charge in [0.2, 0.25) is 0 Å². The van der Waals surface area contributed by atoms with Gasteiger partial charge < -0.3 is 4.42 Å². The number of furan rings is 1. The van der Waals surface area contributed by atoms with E-state index in [0.717, 1.165) is 44.2 Å². The molecule has 43 heavy (non-hydrogen) atoms. The molecule has 0 saturated carbocycles. The molecule has 1 heterocycles. The smallest absolute Gasteiger partial charge is 0.136 e. The minimum Gasteiger partial charge on any atom is -0.456 e. The molecule has 0 bridgehead atoms. The third-order valence-electron chi connectivity index (χ3n) is 8.02. The highest BCUT2D eigenvalue weighted by molar-refractivity contribution is 6.25. The molecule has 0 radical (unpaired) electrons. The van der Waals surface area contributed by atoms with Crippen LogP contribution in [0.5, 0.6) is 0 Å². The first-order valence-corrected chi connectivity index (χ1v) is 13.9. The lowest BCUT2D eigenvalue weighted by molar-refractivity contribution is 0.669. The van der Waals surface area contributed by atoms with Crippen molar-refractivity contribution in [2.45, 2.75) is 0 Å². The van der Waals surface area contributed by atoms with Crippen LogP contribution in [0.3, 0.4) is 0 Å². The molecule has 0 aliphatic carbocycles. The molecule has 0 unspecified atom stereocenters. The van der Waals surface area contributed by atoms with Crippen LogP contribution in [-0.4, -0.2) is 0 Å². The zero-order valence-corrected chi connectivity index (χ0v) is 22.6. The van der Waals surface area contributed by atoms with Crippen LogP contribution in [0.15, 0.2) is 162 Å². The van der Waals surface area contributed by atoms with Crippen molar-refractivity contribution in [1.29, 1.82) is 0 Å². The SMILES string of the molecule is [2H]c1c([2H])c([2H])c2c(c1[2H])c1c([2H])c([2H])c([2H])c([2H])c1c1c([2H])c(-c3ccc(-c4cccc(-c5ccc6c(c5)oc5ccccc56)c4)cc3)c([2H])c([2H])c21. The number of hydrogen-bond acceptors (Lipinski definition) is 1. The van der Waals surface area contributed by atoms with Crippen molar-refractivity contribution in [3.63, 3.8) is 0 Å². The lowest BCUT2D eigenvalue weighted by atomic mass is 9.91. The molecule has 1 heteroatoms. The maximum absolute atomic E-state index is 9.46. The van der Waals surface area contributed by atoms with Crippen molar-refractivity contribution >= 4 is 54.3 Å². The topological polar surface area (TPSA) is 13.1 Å². The lowest BCUT2D eigenvalue weighted by Crippen LogP contribution is -1.85. The standard InChI is InChI=1S/C42H26O/c1-2-12-35-33(10-1)34-11-3-4-13-36(34)40-25-31(20-22-37(35)40)28-18-16-27(17-19-28)29-8-7-9-30(24-29)32-21-23-39-38-14-5-6-15-41(38)43-42(39)26-32/h1-26H/i1D,2D,3D,4D,10D,11D,12D,13D,20D,22D,25D. The average Bonchev–Trinajstić information content (AvgIpc) is 3.57. The Balaban J connectivity index is 1.22. The van der Waals surface area contributed by atoms with Gasteiger partial charge in [-0.25, -0.2) is 0 Å². The van der Waals surface area contributed by atoms with Crippen LogP contribution < -0.4 is 0 Å². The Bertz CT molecular complexity index is 3070. The van der Waals surface area contributed by atoms with Gasteiger partial charge >= 0.3 is 0 Å². The van der Waals surface area contributed by atoms with Gasteiger partial charge in [-0.1, -0.05) is 127 Å². The van der Waals surface area contributed by atoms with Gasteiger partial charge in [-0.3, -0.25) is 0 Å². The van der Waals surface area contributed by atoms with Crippen molar-refractivity contribution in [3.05, 3.63) is 157 Å². The quantitative estimate of drug-likeness (QED) is 0.197. The Labute approximate surface area is 264 Å². The van der Waals surface area contributed by atoms with E-state index in [9.17, 15) is 2.74 Å². The molecule has 0 saturated heterocycles. The first-order chi connectivity index (χ1) is 25.9. The summed E-state index contributed by atoms with van der Waals surface area (Å²) in [5.74, 6) is 0. The van der Waals surface area contributed by atoms with Gasteiger partial charge in [-0.2, -0.15) is 0 Å². The van der Waals surface area contributed by atoms with Gasteiger partial charge in [0.15, 0.2) is 0 Å². The molecular weight excluding hydrogens is 520 g/mol. The van der Waals surface area contributed by atoms with E-state index in [-0.39, 0.29) is 50.0 Å². The number of para-hydroxylation sites is 1. The largest absolute Gasteiger partial charge is 0.456 e. The van der Waals surface area contributed by atoms with E-state index in [1.54, 1.807) is 12.1 Å². The van der Waals surface area contributed by atoms with Gasteiger partial charge in [-0.15, -0.1) is 0 Å². The number of fused-ring (bicyclic) bond motifs is 9. The van der Waals surface area contributed by atoms with Gasteiger partial charge in [-0.05, 0) is 96.0 Å². The van der Waals surface area contributed by atoms with E-state index in [0.29, 0.717) is 5.56 Å². The van der Waals surface area contributed by atoms with Crippen LogP contribution in [-0.2, 0) is 0 Å². The van der Waals surface area contributed by atoms with Crippen LogP contribution in [0.1, 0.15) is 15.1 Å². The van der Waals surface area contributed by atoms with Crippen molar-refractivity contribution < 1.29 is 19.5 Å². The average molecular weight is 558 g/mol. The second-order valence-corrected chi connectivity index (χ2v) is 10.5. The van der Waals surface area contributed by atoms with E-state index in [4.69, 9.17) is 16.8 Å². The maximum atomic E-state index is 9.46. The van der Waals surface area contributed by atoms with Crippen molar-refractivity contribution in [3.8, 4) is 33.4 Å². The molecule has 8 aromatic carbocycles. The second kappa shape index (κ2) is 9.44.